The monoisotopic (exact) mass is 641 g/mol. The van der Waals surface area contributed by atoms with Crippen LogP contribution in [0, 0.1) is 20.0 Å². The molecule has 0 radical (unpaired) electrons. The molecule has 13 heteroatoms. The number of hydrogen-bond donors (Lipinski definition) is 0. The Hall–Kier alpha value is -2.52. The molecule has 2 aromatic carbocycles. The molecule has 1 heterocycles. The Labute approximate surface area is 213 Å². The molecule has 0 saturated carbocycles. The molecule has 1 atom stereocenters. The van der Waals surface area contributed by atoms with Gasteiger partial charge in [-0.15, -0.1) is 0 Å². The number of alkyl halides is 3. The summed E-state index contributed by atoms with van der Waals surface area (Å²) in [5, 5.41) is 0.493. The van der Waals surface area contributed by atoms with Gasteiger partial charge in [0.25, 0.3) is 0 Å². The van der Waals surface area contributed by atoms with Crippen LogP contribution in [0.15, 0.2) is 48.5 Å². The summed E-state index contributed by atoms with van der Waals surface area (Å²) < 4.78 is 67.9. The van der Waals surface area contributed by atoms with Crippen molar-refractivity contribution in [1.29, 1.82) is 0 Å². The Morgan fingerprint density at radius 1 is 1.06 bits per heavy atom. The molecule has 1 saturated heterocycles. The Balaban J connectivity index is 1.65. The molecule has 196 valence electrons. The molecule has 8 nitrogen and oxygen atoms in total. The summed E-state index contributed by atoms with van der Waals surface area (Å²) >= 11 is -3.47. The zero-order chi connectivity index (χ0) is 26.7. The number of rotatable bonds is 9. The van der Waals surface area contributed by atoms with Crippen LogP contribution in [0.25, 0.3) is 0 Å². The van der Waals surface area contributed by atoms with Gasteiger partial charge in [-0.3, -0.25) is 0 Å². The minimum atomic E-state index is -5.79. The third kappa shape index (κ3) is 6.82. The van der Waals surface area contributed by atoms with Gasteiger partial charge in [-0.25, -0.2) is 0 Å². The Morgan fingerprint density at radius 2 is 1.61 bits per heavy atom. The van der Waals surface area contributed by atoms with Crippen molar-refractivity contribution < 1.29 is 43.3 Å². The molecule has 2 aromatic rings. The van der Waals surface area contributed by atoms with Crippen LogP contribution < -0.4 is 0 Å². The van der Waals surface area contributed by atoms with Crippen molar-refractivity contribution in [3.05, 3.63) is 66.8 Å². The number of carbonyl (C=O) groups is 3. The third-order valence-corrected chi connectivity index (χ3v) is 12.2. The first-order chi connectivity index (χ1) is 16.8. The average molecular weight is 641 g/mol. The zero-order valence-electron chi connectivity index (χ0n) is 19.2. The van der Waals surface area contributed by atoms with E-state index in [0.717, 1.165) is 11.1 Å². The van der Waals surface area contributed by atoms with Gasteiger partial charge in [0.05, 0.1) is 0 Å². The second-order valence-corrected chi connectivity index (χ2v) is 14.6. The summed E-state index contributed by atoms with van der Waals surface area (Å²) in [7, 11) is -5.79. The maximum atomic E-state index is 13.0. The molecule has 1 aliphatic heterocycles. The molecule has 0 bridgehead atoms. The first-order valence-electron chi connectivity index (χ1n) is 10.7. The van der Waals surface area contributed by atoms with Gasteiger partial charge in [0.15, 0.2) is 0 Å². The van der Waals surface area contributed by atoms with Gasteiger partial charge in [0.2, 0.25) is 0 Å². The summed E-state index contributed by atoms with van der Waals surface area (Å²) in [6.45, 7) is 3.36. The predicted molar refractivity (Wildman–Crippen MR) is 130 cm³/mol. The summed E-state index contributed by atoms with van der Waals surface area (Å²) in [4.78, 5) is 40.4. The number of nitrogens with zero attached hydrogens (tertiary/aromatic N) is 1. The Kier molecular flexibility index (Phi) is 8.77. The van der Waals surface area contributed by atoms with Gasteiger partial charge < -0.3 is 0 Å². The Bertz CT molecular complexity index is 1230. The molecule has 1 unspecified atom stereocenters. The predicted octanol–water partition coefficient (Wildman–Crippen LogP) is 4.50. The molecule has 0 N–H and O–H groups in total. The second-order valence-electron chi connectivity index (χ2n) is 8.08. The first kappa shape index (κ1) is 28.1. The van der Waals surface area contributed by atoms with Gasteiger partial charge in [-0.1, -0.05) is 6.92 Å². The van der Waals surface area contributed by atoms with Crippen LogP contribution in [0.1, 0.15) is 37.3 Å². The van der Waals surface area contributed by atoms with E-state index in [1.165, 1.54) is 12.1 Å². The van der Waals surface area contributed by atoms with Gasteiger partial charge in [-0.2, -0.15) is 0 Å². The zero-order valence-corrected chi connectivity index (χ0v) is 22.2. The van der Waals surface area contributed by atoms with E-state index in [1.54, 1.807) is 50.2 Å². The SMILES string of the molecule is Cc1ccc(I(OS(=O)(=O)C(F)(F)F)c2ccc(CCCC(=O)ON3C(=O)CC(C)C3=O)cc2)cc1. The van der Waals surface area contributed by atoms with E-state index in [1.807, 2.05) is 0 Å². The van der Waals surface area contributed by atoms with Crippen molar-refractivity contribution in [2.24, 2.45) is 5.92 Å². The minimum absolute atomic E-state index is 0.0141. The number of hydrogen-bond acceptors (Lipinski definition) is 7. The summed E-state index contributed by atoms with van der Waals surface area (Å²) in [5.41, 5.74) is -3.94. The van der Waals surface area contributed by atoms with Crippen molar-refractivity contribution in [2.75, 3.05) is 0 Å². The maximum absolute atomic E-state index is 13.0. The molecule has 1 fully saturated rings. The quantitative estimate of drug-likeness (QED) is 0.226. The number of aryl methyl sites for hydroxylation is 2. The molecule has 2 amide bonds. The third-order valence-electron chi connectivity index (χ3n) is 5.12. The fourth-order valence-electron chi connectivity index (χ4n) is 3.17. The molecule has 1 aliphatic rings. The van der Waals surface area contributed by atoms with Crippen molar-refractivity contribution in [3.63, 3.8) is 0 Å². The fraction of sp³-hybridized carbons (Fsp3) is 0.348. The van der Waals surface area contributed by atoms with Gasteiger partial charge in [0, 0.05) is 0 Å². The molecule has 0 aromatic heterocycles. The molecular formula is C23H23F3INO7S. The summed E-state index contributed by atoms with van der Waals surface area (Å²) in [6.07, 6.45) is 0.638. The summed E-state index contributed by atoms with van der Waals surface area (Å²) in [6, 6.07) is 12.7. The van der Waals surface area contributed by atoms with Gasteiger partial charge >= 0.3 is 207 Å². The van der Waals surface area contributed by atoms with Crippen molar-refractivity contribution in [2.45, 2.75) is 45.0 Å². The van der Waals surface area contributed by atoms with Crippen LogP contribution >= 0.6 is 20.2 Å². The van der Waals surface area contributed by atoms with E-state index >= 15 is 0 Å². The van der Waals surface area contributed by atoms with Gasteiger partial charge in [-0.05, 0) is 0 Å². The van der Waals surface area contributed by atoms with E-state index in [2.05, 4.69) is 0 Å². The number of halogens is 4. The van der Waals surface area contributed by atoms with E-state index in [4.69, 9.17) is 7.35 Å². The van der Waals surface area contributed by atoms with Crippen LogP contribution in [0.2, 0.25) is 0 Å². The molecule has 0 spiro atoms. The second kappa shape index (κ2) is 11.3. The molecule has 0 aliphatic carbocycles. The van der Waals surface area contributed by atoms with E-state index in [9.17, 15) is 36.0 Å². The first-order valence-corrected chi connectivity index (χ1v) is 15.2. The average Bonchev–Trinajstić information content (AvgIpc) is 3.04. The van der Waals surface area contributed by atoms with Crippen molar-refractivity contribution in [3.8, 4) is 0 Å². The molecule has 36 heavy (non-hydrogen) atoms. The topological polar surface area (TPSA) is 107 Å². The standard InChI is InChI=1S/C23H23F3INO7S/c1-15-6-10-18(11-7-15)27(35-36(32,33)23(24,25)26)19-12-8-17(9-13-19)4-3-5-21(30)34-28-20(29)14-16(2)22(28)31/h6-13,16H,3-5,14H2,1-2H3. The molecular weight excluding hydrogens is 618 g/mol. The van der Waals surface area contributed by atoms with E-state index in [0.29, 0.717) is 25.0 Å². The van der Waals surface area contributed by atoms with Crippen molar-refractivity contribution in [1.82, 2.24) is 5.06 Å². The van der Waals surface area contributed by atoms with Crippen molar-refractivity contribution >= 4 is 48.1 Å². The van der Waals surface area contributed by atoms with Crippen LogP contribution in [0.3, 0.4) is 0 Å². The number of carbonyl (C=O) groups excluding carboxylic acids is 3. The fourth-order valence-corrected chi connectivity index (χ4v) is 9.57. The molecule has 3 rings (SSSR count). The van der Waals surface area contributed by atoms with Crippen LogP contribution in [-0.4, -0.2) is 36.8 Å². The number of benzene rings is 2. The number of hydroxylamine groups is 2. The summed E-state index contributed by atoms with van der Waals surface area (Å²) in [5.74, 6) is -2.40. The van der Waals surface area contributed by atoms with Crippen LogP contribution in [0.4, 0.5) is 13.2 Å². The number of imide groups is 1. The van der Waals surface area contributed by atoms with E-state index in [-0.39, 0.29) is 12.8 Å². The van der Waals surface area contributed by atoms with Gasteiger partial charge in [0.1, 0.15) is 0 Å². The Morgan fingerprint density at radius 3 is 2.11 bits per heavy atom. The van der Waals surface area contributed by atoms with Crippen LogP contribution in [0.5, 0.6) is 0 Å². The van der Waals surface area contributed by atoms with E-state index < -0.39 is 59.6 Å². The normalized spacial score (nSPS) is 16.9. The van der Waals surface area contributed by atoms with Crippen LogP contribution in [-0.2, 0) is 38.3 Å². The number of amides is 2.